The average Bonchev–Trinajstić information content (AvgIpc) is 2.93. The minimum atomic E-state index is -0.762. The second kappa shape index (κ2) is 8.07. The number of nitrogens with zero attached hydrogens (tertiary/aromatic N) is 1. The molecule has 2 N–H and O–H groups in total. The first-order chi connectivity index (χ1) is 12.2. The van der Waals surface area contributed by atoms with Crippen molar-refractivity contribution in [3.63, 3.8) is 0 Å². The summed E-state index contributed by atoms with van der Waals surface area (Å²) in [6.45, 7) is 4.05. The maximum atomic E-state index is 11.6. The number of benzene rings is 1. The molecule has 3 rings (SSSR count). The first kappa shape index (κ1) is 17.4. The number of fused-ring (bicyclic) bond motifs is 1. The van der Waals surface area contributed by atoms with Crippen LogP contribution in [0.25, 0.3) is 10.9 Å². The first-order valence-corrected chi connectivity index (χ1v) is 8.70. The molecule has 0 spiro atoms. The fourth-order valence-electron chi connectivity index (χ4n) is 3.13. The predicted molar refractivity (Wildman–Crippen MR) is 95.4 cm³/mol. The normalized spacial score (nSPS) is 16.0. The van der Waals surface area contributed by atoms with E-state index in [1.165, 1.54) is 10.9 Å². The molecule has 2 aromatic rings. The summed E-state index contributed by atoms with van der Waals surface area (Å²) >= 11 is 0. The van der Waals surface area contributed by atoms with Gasteiger partial charge in [-0.2, -0.15) is 0 Å². The van der Waals surface area contributed by atoms with Gasteiger partial charge < -0.3 is 19.6 Å². The Kier molecular flexibility index (Phi) is 5.60. The van der Waals surface area contributed by atoms with Crippen LogP contribution in [0, 0.1) is 0 Å². The fraction of sp³-hybridized carbons (Fsp3) is 0.421. The van der Waals surface area contributed by atoms with E-state index in [-0.39, 0.29) is 12.4 Å². The van der Waals surface area contributed by atoms with Crippen LogP contribution >= 0.6 is 0 Å². The van der Waals surface area contributed by atoms with Crippen molar-refractivity contribution in [3.05, 3.63) is 47.5 Å². The minimum Gasteiger partial charge on any atom is -0.509 e. The van der Waals surface area contributed by atoms with Crippen LogP contribution < -0.4 is 0 Å². The van der Waals surface area contributed by atoms with Gasteiger partial charge in [0, 0.05) is 30.1 Å². The van der Waals surface area contributed by atoms with Gasteiger partial charge in [-0.1, -0.05) is 18.2 Å². The van der Waals surface area contributed by atoms with Crippen molar-refractivity contribution < 1.29 is 19.4 Å². The number of carbonyl (C=O) groups excluding carboxylic acids is 1. The number of aromatic nitrogens is 1. The van der Waals surface area contributed by atoms with Gasteiger partial charge in [0.2, 0.25) is 0 Å². The van der Waals surface area contributed by atoms with E-state index in [4.69, 9.17) is 9.47 Å². The van der Waals surface area contributed by atoms with Crippen LogP contribution in [-0.4, -0.2) is 47.4 Å². The number of para-hydroxylation sites is 1. The highest BCUT2D eigenvalue weighted by molar-refractivity contribution is 5.83. The number of rotatable bonds is 5. The van der Waals surface area contributed by atoms with Crippen molar-refractivity contribution in [2.24, 2.45) is 0 Å². The SMILES string of the molecule is CCOC(=O)OC1=C(O)CCCN(CCc2c[nH]c3ccccc23)C1. The summed E-state index contributed by atoms with van der Waals surface area (Å²) in [4.78, 5) is 17.0. The number of H-pyrrole nitrogens is 1. The zero-order valence-electron chi connectivity index (χ0n) is 14.5. The Labute approximate surface area is 147 Å². The van der Waals surface area contributed by atoms with E-state index in [0.717, 1.165) is 31.4 Å². The summed E-state index contributed by atoms with van der Waals surface area (Å²) in [5, 5.41) is 11.3. The summed E-state index contributed by atoms with van der Waals surface area (Å²) in [5.41, 5.74) is 2.40. The number of ether oxygens (including phenoxy) is 2. The summed E-state index contributed by atoms with van der Waals surface area (Å²) in [6.07, 6.45) is 3.51. The third kappa shape index (κ3) is 4.33. The second-order valence-electron chi connectivity index (χ2n) is 6.14. The number of aromatic amines is 1. The number of aliphatic hydroxyl groups excluding tert-OH is 1. The summed E-state index contributed by atoms with van der Waals surface area (Å²) in [6, 6.07) is 8.24. The van der Waals surface area contributed by atoms with E-state index in [0.29, 0.717) is 18.7 Å². The zero-order chi connectivity index (χ0) is 17.6. The molecule has 1 aromatic carbocycles. The molecule has 0 aliphatic carbocycles. The molecule has 25 heavy (non-hydrogen) atoms. The predicted octanol–water partition coefficient (Wildman–Crippen LogP) is 3.75. The lowest BCUT2D eigenvalue weighted by Crippen LogP contribution is -2.29. The Morgan fingerprint density at radius 3 is 3.04 bits per heavy atom. The van der Waals surface area contributed by atoms with Gasteiger partial charge in [-0.25, -0.2) is 4.79 Å². The molecule has 6 heteroatoms. The van der Waals surface area contributed by atoms with Crippen LogP contribution in [0.2, 0.25) is 0 Å². The molecule has 0 atom stereocenters. The molecule has 2 heterocycles. The number of carbonyl (C=O) groups is 1. The molecular weight excluding hydrogens is 320 g/mol. The van der Waals surface area contributed by atoms with Gasteiger partial charge in [-0.05, 0) is 37.9 Å². The third-order valence-corrected chi connectivity index (χ3v) is 4.42. The number of aliphatic hydroxyl groups is 1. The lowest BCUT2D eigenvalue weighted by atomic mass is 10.1. The molecule has 0 amide bonds. The maximum Gasteiger partial charge on any atom is 0.513 e. The first-order valence-electron chi connectivity index (χ1n) is 8.70. The molecule has 134 valence electrons. The van der Waals surface area contributed by atoms with Crippen LogP contribution in [0.15, 0.2) is 42.0 Å². The lowest BCUT2D eigenvalue weighted by molar-refractivity contribution is 0.0725. The molecule has 1 aliphatic heterocycles. The van der Waals surface area contributed by atoms with Crippen molar-refractivity contribution in [2.45, 2.75) is 26.2 Å². The van der Waals surface area contributed by atoms with Gasteiger partial charge in [-0.3, -0.25) is 4.90 Å². The van der Waals surface area contributed by atoms with E-state index in [2.05, 4.69) is 22.0 Å². The largest absolute Gasteiger partial charge is 0.513 e. The van der Waals surface area contributed by atoms with Crippen molar-refractivity contribution in [3.8, 4) is 0 Å². The van der Waals surface area contributed by atoms with Crippen LogP contribution in [-0.2, 0) is 15.9 Å². The number of hydrogen-bond donors (Lipinski definition) is 2. The van der Waals surface area contributed by atoms with E-state index >= 15 is 0 Å². The Balaban J connectivity index is 1.63. The number of nitrogens with one attached hydrogen (secondary N) is 1. The van der Waals surface area contributed by atoms with E-state index in [1.54, 1.807) is 6.92 Å². The van der Waals surface area contributed by atoms with E-state index in [9.17, 15) is 9.90 Å². The average molecular weight is 344 g/mol. The van der Waals surface area contributed by atoms with Gasteiger partial charge in [0.05, 0.1) is 13.2 Å². The number of hydrogen-bond acceptors (Lipinski definition) is 5. The van der Waals surface area contributed by atoms with Crippen molar-refractivity contribution in [1.29, 1.82) is 0 Å². The highest BCUT2D eigenvalue weighted by Crippen LogP contribution is 2.21. The van der Waals surface area contributed by atoms with Gasteiger partial charge in [0.1, 0.15) is 5.76 Å². The number of allylic oxidation sites excluding steroid dienone is 1. The van der Waals surface area contributed by atoms with Gasteiger partial charge in [0.15, 0.2) is 5.76 Å². The second-order valence-corrected chi connectivity index (χ2v) is 6.14. The van der Waals surface area contributed by atoms with Gasteiger partial charge in [-0.15, -0.1) is 0 Å². The van der Waals surface area contributed by atoms with Crippen LogP contribution in [0.5, 0.6) is 0 Å². The molecule has 1 aromatic heterocycles. The standard InChI is InChI=1S/C19H24N2O4/c1-2-24-19(23)25-18-13-21(10-5-8-17(18)22)11-9-14-12-20-16-7-4-3-6-15(14)16/h3-4,6-7,12,20,22H,2,5,8-11,13H2,1H3. The minimum absolute atomic E-state index is 0.141. The van der Waals surface area contributed by atoms with Crippen LogP contribution in [0.1, 0.15) is 25.3 Å². The van der Waals surface area contributed by atoms with Gasteiger partial charge in [0.25, 0.3) is 0 Å². The smallest absolute Gasteiger partial charge is 0.509 e. The van der Waals surface area contributed by atoms with E-state index in [1.807, 2.05) is 18.3 Å². The Morgan fingerprint density at radius 2 is 2.20 bits per heavy atom. The monoisotopic (exact) mass is 344 g/mol. The molecule has 0 radical (unpaired) electrons. The van der Waals surface area contributed by atoms with Crippen LogP contribution in [0.3, 0.4) is 0 Å². The van der Waals surface area contributed by atoms with E-state index < -0.39 is 6.16 Å². The molecule has 0 unspecified atom stereocenters. The Morgan fingerprint density at radius 1 is 1.36 bits per heavy atom. The molecule has 0 saturated heterocycles. The molecule has 0 bridgehead atoms. The van der Waals surface area contributed by atoms with Crippen LogP contribution in [0.4, 0.5) is 4.79 Å². The maximum absolute atomic E-state index is 11.6. The fourth-order valence-corrected chi connectivity index (χ4v) is 3.13. The highest BCUT2D eigenvalue weighted by Gasteiger charge is 2.21. The third-order valence-electron chi connectivity index (χ3n) is 4.42. The van der Waals surface area contributed by atoms with Crippen molar-refractivity contribution >= 4 is 17.1 Å². The quantitative estimate of drug-likeness (QED) is 0.808. The zero-order valence-corrected chi connectivity index (χ0v) is 14.5. The molecule has 0 fully saturated rings. The Bertz CT molecular complexity index is 766. The summed E-state index contributed by atoms with van der Waals surface area (Å²) in [5.74, 6) is 0.442. The highest BCUT2D eigenvalue weighted by atomic mass is 16.7. The lowest BCUT2D eigenvalue weighted by Gasteiger charge is -2.20. The van der Waals surface area contributed by atoms with Crippen molar-refractivity contribution in [2.75, 3.05) is 26.2 Å². The molecule has 1 aliphatic rings. The van der Waals surface area contributed by atoms with Gasteiger partial charge >= 0.3 is 6.16 Å². The molecular formula is C19H24N2O4. The molecule has 0 saturated carbocycles. The summed E-state index contributed by atoms with van der Waals surface area (Å²) in [7, 11) is 0. The summed E-state index contributed by atoms with van der Waals surface area (Å²) < 4.78 is 9.99. The molecule has 6 nitrogen and oxygen atoms in total. The topological polar surface area (TPSA) is 74.8 Å². The van der Waals surface area contributed by atoms with Crippen molar-refractivity contribution in [1.82, 2.24) is 9.88 Å². The Hall–Kier alpha value is -2.47.